The second-order valence-electron chi connectivity index (χ2n) is 0. The molecular formula is HO2VZr+. The van der Waals surface area contributed by atoms with Crippen LogP contribution in [0.1, 0.15) is 0 Å². The molecule has 0 spiro atoms. The van der Waals surface area contributed by atoms with E-state index in [4.69, 9.17) is 0 Å². The van der Waals surface area contributed by atoms with E-state index in [-0.39, 0.29) is 55.7 Å². The Morgan fingerprint density at radius 1 is 1.00 bits per heavy atom. The van der Waals surface area contributed by atoms with E-state index < -0.39 is 0 Å². The van der Waals surface area contributed by atoms with Gasteiger partial charge in [0.2, 0.25) is 0 Å². The van der Waals surface area contributed by atoms with E-state index in [9.17, 15) is 0 Å². The summed E-state index contributed by atoms with van der Waals surface area (Å²) in [5.74, 6) is 0. The first-order valence-corrected chi connectivity index (χ1v) is 0. The van der Waals surface area contributed by atoms with Gasteiger partial charge >= 0.3 is 26.2 Å². The summed E-state index contributed by atoms with van der Waals surface area (Å²) in [5, 5.41) is 0. The van der Waals surface area contributed by atoms with Gasteiger partial charge in [0.15, 0.2) is 0 Å². The Morgan fingerprint density at radius 2 is 1.00 bits per heavy atom. The van der Waals surface area contributed by atoms with Crippen LogP contribution in [0, 0.1) is 0 Å². The molecule has 0 saturated heterocycles. The SMILES string of the molecule is [O-2].[OH-].[V].[Zr+4]. The molecular weight excluding hydrogens is 174 g/mol. The molecule has 4 heteroatoms. The Balaban J connectivity index is 0. The van der Waals surface area contributed by atoms with Crippen molar-refractivity contribution >= 4 is 0 Å². The van der Waals surface area contributed by atoms with Crippen molar-refractivity contribution in [3.63, 3.8) is 0 Å². The molecule has 21 valence electrons. The molecule has 0 aromatic carbocycles. The molecule has 0 aromatic rings. The van der Waals surface area contributed by atoms with Gasteiger partial charge in [0.25, 0.3) is 0 Å². The van der Waals surface area contributed by atoms with E-state index in [1.807, 2.05) is 0 Å². The minimum Gasteiger partial charge on any atom is -2.00 e. The van der Waals surface area contributed by atoms with Crippen LogP contribution in [0.15, 0.2) is 0 Å². The van der Waals surface area contributed by atoms with Crippen molar-refractivity contribution < 1.29 is 55.7 Å². The summed E-state index contributed by atoms with van der Waals surface area (Å²) in [6.45, 7) is 0. The second kappa shape index (κ2) is 26.2. The van der Waals surface area contributed by atoms with E-state index in [0.29, 0.717) is 0 Å². The zero-order chi connectivity index (χ0) is 0. The fraction of sp³-hybridized carbons (Fsp3) is 0. The van der Waals surface area contributed by atoms with E-state index >= 15 is 0 Å². The van der Waals surface area contributed by atoms with E-state index in [2.05, 4.69) is 0 Å². The number of rotatable bonds is 0. The fourth-order valence-corrected chi connectivity index (χ4v) is 0. The molecule has 0 unspecified atom stereocenters. The molecule has 4 heavy (non-hydrogen) atoms. The summed E-state index contributed by atoms with van der Waals surface area (Å²) >= 11 is 0. The first kappa shape index (κ1) is 53.9. The van der Waals surface area contributed by atoms with Crippen LogP contribution in [0.4, 0.5) is 0 Å². The molecule has 1 N–H and O–H groups in total. The minimum atomic E-state index is 0. The average molecular weight is 175 g/mol. The van der Waals surface area contributed by atoms with Gasteiger partial charge in [-0.15, -0.1) is 0 Å². The maximum Gasteiger partial charge on any atom is 4.00 e. The van der Waals surface area contributed by atoms with Crippen LogP contribution in [0.25, 0.3) is 0 Å². The Bertz CT molecular complexity index is 6.00. The third kappa shape index (κ3) is 10.0. The van der Waals surface area contributed by atoms with Crippen molar-refractivity contribution in [2.24, 2.45) is 0 Å². The summed E-state index contributed by atoms with van der Waals surface area (Å²) in [6.07, 6.45) is 0. The molecule has 0 rings (SSSR count). The van der Waals surface area contributed by atoms with Gasteiger partial charge in [-0.25, -0.2) is 0 Å². The normalized spacial score (nSPS) is 0. The molecule has 0 heterocycles. The van der Waals surface area contributed by atoms with Crippen LogP contribution >= 0.6 is 0 Å². The van der Waals surface area contributed by atoms with Gasteiger partial charge in [0.1, 0.15) is 0 Å². The molecule has 0 bridgehead atoms. The zero-order valence-electron chi connectivity index (χ0n) is 1.80. The zero-order valence-corrected chi connectivity index (χ0v) is 5.66. The maximum atomic E-state index is 0. The van der Waals surface area contributed by atoms with Crippen LogP contribution in [0.5, 0.6) is 0 Å². The molecule has 0 amide bonds. The van der Waals surface area contributed by atoms with Gasteiger partial charge in [0.05, 0.1) is 0 Å². The van der Waals surface area contributed by atoms with Crippen molar-refractivity contribution in [1.82, 2.24) is 0 Å². The summed E-state index contributed by atoms with van der Waals surface area (Å²) in [6, 6.07) is 0. The Kier molecular flexibility index (Phi) is 352. The predicted molar refractivity (Wildman–Crippen MR) is 2.62 cm³/mol. The van der Waals surface area contributed by atoms with Crippen molar-refractivity contribution in [3.8, 4) is 0 Å². The molecule has 1 radical (unpaired) electrons. The fourth-order valence-electron chi connectivity index (χ4n) is 0. The number of hydrogen-bond donors (Lipinski definition) is 0. The molecule has 0 saturated carbocycles. The quantitative estimate of drug-likeness (QED) is 0.498. The summed E-state index contributed by atoms with van der Waals surface area (Å²) < 4.78 is 0. The molecule has 0 fully saturated rings. The minimum absolute atomic E-state index is 0. The molecule has 0 atom stereocenters. The first-order chi connectivity index (χ1) is 0. The van der Waals surface area contributed by atoms with Crippen LogP contribution in [-0.4, -0.2) is 5.48 Å². The van der Waals surface area contributed by atoms with E-state index in [0.717, 1.165) is 0 Å². The topological polar surface area (TPSA) is 58.5 Å². The monoisotopic (exact) mass is 174 g/mol. The third-order valence-corrected chi connectivity index (χ3v) is 0. The van der Waals surface area contributed by atoms with Gasteiger partial charge in [-0.2, -0.15) is 0 Å². The largest absolute Gasteiger partial charge is 4.00 e. The summed E-state index contributed by atoms with van der Waals surface area (Å²) in [7, 11) is 0. The molecule has 0 aromatic heterocycles. The molecule has 0 aliphatic rings. The Labute approximate surface area is 55.6 Å². The van der Waals surface area contributed by atoms with E-state index in [1.54, 1.807) is 0 Å². The van der Waals surface area contributed by atoms with Crippen molar-refractivity contribution in [3.05, 3.63) is 0 Å². The van der Waals surface area contributed by atoms with Crippen molar-refractivity contribution in [2.75, 3.05) is 0 Å². The summed E-state index contributed by atoms with van der Waals surface area (Å²) in [4.78, 5) is 0. The van der Waals surface area contributed by atoms with Crippen LogP contribution in [-0.2, 0) is 50.2 Å². The molecule has 0 aliphatic carbocycles. The summed E-state index contributed by atoms with van der Waals surface area (Å²) in [5.41, 5.74) is 0. The predicted octanol–water partition coefficient (Wildman–Crippen LogP) is -0.301. The van der Waals surface area contributed by atoms with Crippen LogP contribution in [0.3, 0.4) is 0 Å². The second-order valence-corrected chi connectivity index (χ2v) is 0. The van der Waals surface area contributed by atoms with Gasteiger partial charge < -0.3 is 11.0 Å². The third-order valence-electron chi connectivity index (χ3n) is 0. The average Bonchev–Trinajstić information content (AvgIpc) is 0. The Morgan fingerprint density at radius 3 is 1.00 bits per heavy atom. The maximum absolute atomic E-state index is 0. The standard InChI is InChI=1S/H2O.O.V.Zr/h1H2;;;/q;-2;;+4/p-1. The van der Waals surface area contributed by atoms with Crippen LogP contribution in [0.2, 0.25) is 0 Å². The Hall–Kier alpha value is 1.39. The van der Waals surface area contributed by atoms with E-state index in [1.165, 1.54) is 0 Å². The first-order valence-electron chi connectivity index (χ1n) is 0. The van der Waals surface area contributed by atoms with Gasteiger partial charge in [-0.05, 0) is 0 Å². The van der Waals surface area contributed by atoms with Gasteiger partial charge in [0, 0.05) is 18.6 Å². The smallest absolute Gasteiger partial charge is 2.00 e. The van der Waals surface area contributed by atoms with Crippen molar-refractivity contribution in [2.45, 2.75) is 0 Å². The number of hydrogen-bond acceptors (Lipinski definition) is 1. The van der Waals surface area contributed by atoms with Gasteiger partial charge in [-0.3, -0.25) is 0 Å². The van der Waals surface area contributed by atoms with Gasteiger partial charge in [-0.1, -0.05) is 0 Å². The van der Waals surface area contributed by atoms with Crippen molar-refractivity contribution in [1.29, 1.82) is 0 Å². The van der Waals surface area contributed by atoms with Crippen LogP contribution < -0.4 is 0 Å². The molecule has 0 aliphatic heterocycles. The molecule has 2 nitrogen and oxygen atoms in total.